The van der Waals surface area contributed by atoms with Crippen molar-refractivity contribution in [3.63, 3.8) is 0 Å². The molecule has 0 atom stereocenters. The molecule has 0 spiro atoms. The van der Waals surface area contributed by atoms with Crippen molar-refractivity contribution in [1.29, 1.82) is 0 Å². The molecule has 0 bridgehead atoms. The third kappa shape index (κ3) is 2.49. The van der Waals surface area contributed by atoms with Gasteiger partial charge in [-0.15, -0.1) is 0 Å². The van der Waals surface area contributed by atoms with Crippen LogP contribution in [0, 0.1) is 6.92 Å². The summed E-state index contributed by atoms with van der Waals surface area (Å²) in [7, 11) is 0. The van der Waals surface area contributed by atoms with Crippen LogP contribution in [-0.4, -0.2) is 6.61 Å². The molecule has 0 aliphatic heterocycles. The first kappa shape index (κ1) is 13.6. The summed E-state index contributed by atoms with van der Waals surface area (Å²) in [4.78, 5) is 22.8. The summed E-state index contributed by atoms with van der Waals surface area (Å²) in [5.41, 5.74) is 1.07. The van der Waals surface area contributed by atoms with E-state index in [9.17, 15) is 9.59 Å². The fourth-order valence-corrected chi connectivity index (χ4v) is 2.17. The van der Waals surface area contributed by atoms with Gasteiger partial charge in [0.2, 0.25) is 0 Å². The zero-order valence-electron chi connectivity index (χ0n) is 10.7. The minimum absolute atomic E-state index is 0.122. The molecule has 0 aliphatic carbocycles. The summed E-state index contributed by atoms with van der Waals surface area (Å²) in [5.74, 6) is 0.122. The van der Waals surface area contributed by atoms with E-state index in [1.54, 1.807) is 13.0 Å². The lowest BCUT2D eigenvalue weighted by Crippen LogP contribution is -2.35. The molecule has 1 N–H and O–H groups in total. The Labute approximate surface area is 115 Å². The van der Waals surface area contributed by atoms with Crippen molar-refractivity contribution in [2.24, 2.45) is 0 Å². The smallest absolute Gasteiger partial charge is 0.272 e. The first-order valence-electron chi connectivity index (χ1n) is 6.00. The lowest BCUT2D eigenvalue weighted by Gasteiger charge is -2.14. The van der Waals surface area contributed by atoms with Crippen LogP contribution in [0.2, 0.25) is 5.02 Å². The Morgan fingerprint density at radius 3 is 2.63 bits per heavy atom. The Kier molecular flexibility index (Phi) is 3.90. The highest BCUT2D eigenvalue weighted by molar-refractivity contribution is 6.31. The number of hydrogen-bond donors (Lipinski definition) is 1. The SMILES string of the molecule is CCOc1c(NCc2c(C)cccc2Cl)c(=O)c1=O. The molecule has 0 aromatic heterocycles. The van der Waals surface area contributed by atoms with Crippen LogP contribution in [0.1, 0.15) is 18.1 Å². The average molecular weight is 280 g/mol. The van der Waals surface area contributed by atoms with Crippen LogP contribution < -0.4 is 20.9 Å². The summed E-state index contributed by atoms with van der Waals surface area (Å²) < 4.78 is 5.14. The minimum atomic E-state index is -0.569. The highest BCUT2D eigenvalue weighted by Gasteiger charge is 2.22. The van der Waals surface area contributed by atoms with Crippen molar-refractivity contribution in [3.05, 3.63) is 54.8 Å². The molecular formula is C14H14ClNO3. The number of rotatable bonds is 5. The van der Waals surface area contributed by atoms with Gasteiger partial charge in [-0.25, -0.2) is 0 Å². The van der Waals surface area contributed by atoms with Crippen LogP contribution in [0.5, 0.6) is 5.75 Å². The summed E-state index contributed by atoms with van der Waals surface area (Å²) in [6.45, 7) is 4.44. The normalized spacial score (nSPS) is 10.7. The fourth-order valence-electron chi connectivity index (χ4n) is 1.88. The molecule has 0 unspecified atom stereocenters. The molecule has 100 valence electrons. The van der Waals surface area contributed by atoms with E-state index >= 15 is 0 Å². The van der Waals surface area contributed by atoms with Crippen LogP contribution in [0.25, 0.3) is 0 Å². The third-order valence-corrected chi connectivity index (χ3v) is 3.30. The fraction of sp³-hybridized carbons (Fsp3) is 0.286. The molecule has 4 nitrogen and oxygen atoms in total. The maximum absolute atomic E-state index is 11.5. The number of benzene rings is 1. The molecule has 5 heteroatoms. The number of nitrogens with one attached hydrogen (secondary N) is 1. The molecule has 0 saturated heterocycles. The van der Waals surface area contributed by atoms with Crippen molar-refractivity contribution in [2.45, 2.75) is 20.4 Å². The largest absolute Gasteiger partial charge is 0.488 e. The van der Waals surface area contributed by atoms with Crippen molar-refractivity contribution in [3.8, 4) is 5.75 Å². The molecule has 0 aliphatic rings. The number of aryl methyl sites for hydroxylation is 1. The highest BCUT2D eigenvalue weighted by Crippen LogP contribution is 2.23. The Morgan fingerprint density at radius 2 is 2.00 bits per heavy atom. The molecule has 2 aromatic carbocycles. The minimum Gasteiger partial charge on any atom is -0.488 e. The van der Waals surface area contributed by atoms with Gasteiger partial charge in [0.05, 0.1) is 6.61 Å². The van der Waals surface area contributed by atoms with E-state index in [4.69, 9.17) is 16.3 Å². The second kappa shape index (κ2) is 5.45. The lowest BCUT2D eigenvalue weighted by atomic mass is 10.1. The molecule has 0 amide bonds. The van der Waals surface area contributed by atoms with Crippen LogP contribution in [0.3, 0.4) is 0 Å². The van der Waals surface area contributed by atoms with Gasteiger partial charge in [0.1, 0.15) is 5.69 Å². The van der Waals surface area contributed by atoms with Gasteiger partial charge in [-0.05, 0) is 31.0 Å². The summed E-state index contributed by atoms with van der Waals surface area (Å²) in [5, 5.41) is 3.56. The zero-order valence-corrected chi connectivity index (χ0v) is 11.5. The predicted molar refractivity (Wildman–Crippen MR) is 76.0 cm³/mol. The summed E-state index contributed by atoms with van der Waals surface area (Å²) in [6, 6.07) is 5.59. The van der Waals surface area contributed by atoms with Crippen LogP contribution in [0.4, 0.5) is 5.69 Å². The molecule has 0 fully saturated rings. The first-order chi connectivity index (χ1) is 9.06. The molecule has 0 heterocycles. The highest BCUT2D eigenvalue weighted by atomic mass is 35.5. The Bertz CT molecular complexity index is 651. The van der Waals surface area contributed by atoms with E-state index in [0.29, 0.717) is 18.2 Å². The van der Waals surface area contributed by atoms with E-state index in [1.165, 1.54) is 0 Å². The lowest BCUT2D eigenvalue weighted by molar-refractivity contribution is 0.334. The van der Waals surface area contributed by atoms with Crippen molar-refractivity contribution >= 4 is 17.3 Å². The van der Waals surface area contributed by atoms with Gasteiger partial charge in [0.25, 0.3) is 10.9 Å². The van der Waals surface area contributed by atoms with E-state index in [2.05, 4.69) is 5.32 Å². The number of ether oxygens (including phenoxy) is 1. The predicted octanol–water partition coefficient (Wildman–Crippen LogP) is 2.26. The molecule has 2 rings (SSSR count). The number of anilines is 1. The second-order valence-electron chi connectivity index (χ2n) is 4.18. The number of hydrogen-bond acceptors (Lipinski definition) is 4. The van der Waals surface area contributed by atoms with Gasteiger partial charge in [-0.3, -0.25) is 9.59 Å². The molecule has 0 saturated carbocycles. The molecule has 2 aromatic rings. The Hall–Kier alpha value is -1.81. The van der Waals surface area contributed by atoms with E-state index in [-0.39, 0.29) is 11.4 Å². The number of halogens is 1. The monoisotopic (exact) mass is 279 g/mol. The van der Waals surface area contributed by atoms with E-state index in [1.807, 2.05) is 19.1 Å². The zero-order chi connectivity index (χ0) is 14.0. The maximum atomic E-state index is 11.5. The standard InChI is InChI=1S/C14H14ClNO3/c1-3-19-14-11(12(17)13(14)18)16-7-9-8(2)5-4-6-10(9)15/h4-6,16H,3,7H2,1-2H3. The van der Waals surface area contributed by atoms with Crippen LogP contribution in [-0.2, 0) is 6.54 Å². The van der Waals surface area contributed by atoms with Crippen molar-refractivity contribution < 1.29 is 4.74 Å². The Morgan fingerprint density at radius 1 is 1.26 bits per heavy atom. The summed E-state index contributed by atoms with van der Waals surface area (Å²) >= 11 is 6.10. The van der Waals surface area contributed by atoms with Crippen LogP contribution in [0.15, 0.2) is 27.8 Å². The van der Waals surface area contributed by atoms with Gasteiger partial charge in [-0.1, -0.05) is 23.7 Å². The molecular weight excluding hydrogens is 266 g/mol. The molecule has 0 radical (unpaired) electrons. The van der Waals surface area contributed by atoms with Crippen molar-refractivity contribution in [1.82, 2.24) is 0 Å². The summed E-state index contributed by atoms with van der Waals surface area (Å²) in [6.07, 6.45) is 0. The molecule has 19 heavy (non-hydrogen) atoms. The van der Waals surface area contributed by atoms with Crippen molar-refractivity contribution in [2.75, 3.05) is 11.9 Å². The quantitative estimate of drug-likeness (QED) is 0.853. The third-order valence-electron chi connectivity index (χ3n) is 2.95. The van der Waals surface area contributed by atoms with Gasteiger partial charge in [-0.2, -0.15) is 0 Å². The Balaban J connectivity index is 2.18. The second-order valence-corrected chi connectivity index (χ2v) is 4.59. The maximum Gasteiger partial charge on any atom is 0.272 e. The topological polar surface area (TPSA) is 55.4 Å². The first-order valence-corrected chi connectivity index (χ1v) is 6.38. The average Bonchev–Trinajstić information content (AvgIpc) is 2.40. The van der Waals surface area contributed by atoms with Gasteiger partial charge >= 0.3 is 0 Å². The van der Waals surface area contributed by atoms with Gasteiger partial charge in [0.15, 0.2) is 5.75 Å². The van der Waals surface area contributed by atoms with E-state index in [0.717, 1.165) is 11.1 Å². The van der Waals surface area contributed by atoms with Crippen LogP contribution >= 0.6 is 11.6 Å². The van der Waals surface area contributed by atoms with E-state index < -0.39 is 10.9 Å². The van der Waals surface area contributed by atoms with Gasteiger partial charge < -0.3 is 10.1 Å². The van der Waals surface area contributed by atoms with Gasteiger partial charge in [0, 0.05) is 11.6 Å².